The minimum absolute atomic E-state index is 0.538. The highest BCUT2D eigenvalue weighted by atomic mass is 32.2. The van der Waals surface area contributed by atoms with E-state index in [1.165, 1.54) is 26.5 Å². The molecule has 0 saturated heterocycles. The third-order valence-electron chi connectivity index (χ3n) is 4.38. The second-order valence-corrected chi connectivity index (χ2v) is 9.84. The predicted octanol–water partition coefficient (Wildman–Crippen LogP) is 8.09. The summed E-state index contributed by atoms with van der Waals surface area (Å²) in [4.78, 5) is 7.40. The van der Waals surface area contributed by atoms with Gasteiger partial charge in [-0.1, -0.05) is 67.2 Å². The molecule has 1 unspecified atom stereocenters. The van der Waals surface area contributed by atoms with Crippen molar-refractivity contribution in [2.24, 2.45) is 0 Å². The zero-order chi connectivity index (χ0) is 19.2. The Morgan fingerprint density at radius 3 is 2.56 bits per heavy atom. The van der Waals surface area contributed by atoms with Crippen molar-refractivity contribution in [1.29, 1.82) is 0 Å². The van der Waals surface area contributed by atoms with E-state index in [-0.39, 0.29) is 0 Å². The fourth-order valence-corrected chi connectivity index (χ4v) is 5.50. The first kappa shape index (κ1) is 20.2. The van der Waals surface area contributed by atoms with Gasteiger partial charge in [-0.2, -0.15) is 11.8 Å². The summed E-state index contributed by atoms with van der Waals surface area (Å²) in [5.74, 6) is 1.14. The molecule has 0 N–H and O–H groups in total. The Morgan fingerprint density at radius 2 is 1.89 bits per heavy atom. The molecule has 3 rings (SSSR count). The minimum atomic E-state index is 0.538. The smallest absolute Gasteiger partial charge is 0.124 e. The van der Waals surface area contributed by atoms with Gasteiger partial charge in [0.2, 0.25) is 0 Å². The highest BCUT2D eigenvalue weighted by Crippen LogP contribution is 2.38. The van der Waals surface area contributed by atoms with Gasteiger partial charge in [0.05, 0.1) is 5.69 Å². The highest BCUT2D eigenvalue weighted by Gasteiger charge is 2.12. The van der Waals surface area contributed by atoms with Gasteiger partial charge in [-0.15, -0.1) is 11.3 Å². The Balaban J connectivity index is 1.78. The maximum Gasteiger partial charge on any atom is 0.124 e. The molecule has 0 aliphatic heterocycles. The fraction of sp³-hybridized carbons (Fsp3) is 0.261. The van der Waals surface area contributed by atoms with E-state index in [2.05, 4.69) is 87.7 Å². The zero-order valence-corrected chi connectivity index (χ0v) is 18.7. The molecule has 27 heavy (non-hydrogen) atoms. The lowest BCUT2D eigenvalue weighted by atomic mass is 10.1. The van der Waals surface area contributed by atoms with E-state index in [0.29, 0.717) is 5.25 Å². The SMILES string of the molecule is C/C=C(/Sc1ccccc1C)c1csc(-c2ccc(C(C)SCC)cc2)n1. The number of allylic oxidation sites excluding steroid dienone is 1. The average Bonchev–Trinajstić information content (AvgIpc) is 3.17. The average molecular weight is 412 g/mol. The Kier molecular flexibility index (Phi) is 7.22. The van der Waals surface area contributed by atoms with Gasteiger partial charge in [0.15, 0.2) is 0 Å². The van der Waals surface area contributed by atoms with Crippen molar-refractivity contribution in [2.75, 3.05) is 5.75 Å². The molecule has 0 amide bonds. The Hall–Kier alpha value is -1.49. The lowest BCUT2D eigenvalue weighted by Gasteiger charge is -2.10. The lowest BCUT2D eigenvalue weighted by molar-refractivity contribution is 1.10. The summed E-state index contributed by atoms with van der Waals surface area (Å²) in [6, 6.07) is 17.4. The van der Waals surface area contributed by atoms with E-state index < -0.39 is 0 Å². The zero-order valence-electron chi connectivity index (χ0n) is 16.2. The van der Waals surface area contributed by atoms with Crippen molar-refractivity contribution < 1.29 is 0 Å². The van der Waals surface area contributed by atoms with Gasteiger partial charge >= 0.3 is 0 Å². The molecule has 4 heteroatoms. The number of nitrogens with zero attached hydrogens (tertiary/aromatic N) is 1. The maximum absolute atomic E-state index is 4.91. The van der Waals surface area contributed by atoms with Crippen LogP contribution >= 0.6 is 34.9 Å². The molecular weight excluding hydrogens is 386 g/mol. The number of hydrogen-bond acceptors (Lipinski definition) is 4. The standard InChI is InChI=1S/C23H25NS3/c1-5-21(27-22-10-8-7-9-16(22)3)20-15-26-23(24-20)19-13-11-18(12-14-19)17(4)25-6-2/h5,7-15,17H,6H2,1-4H3/b21-5+. The van der Waals surface area contributed by atoms with Crippen molar-refractivity contribution in [2.45, 2.75) is 37.8 Å². The van der Waals surface area contributed by atoms with E-state index in [0.717, 1.165) is 16.5 Å². The summed E-state index contributed by atoms with van der Waals surface area (Å²) in [6.07, 6.45) is 2.16. The summed E-state index contributed by atoms with van der Waals surface area (Å²) in [6.45, 7) is 8.72. The number of aromatic nitrogens is 1. The van der Waals surface area contributed by atoms with Crippen LogP contribution in [0.15, 0.2) is 64.9 Å². The number of rotatable bonds is 7. The van der Waals surface area contributed by atoms with Gasteiger partial charge in [-0.3, -0.25) is 0 Å². The predicted molar refractivity (Wildman–Crippen MR) is 125 cm³/mol. The van der Waals surface area contributed by atoms with Crippen LogP contribution in [0.5, 0.6) is 0 Å². The van der Waals surface area contributed by atoms with E-state index in [1.54, 1.807) is 23.1 Å². The van der Waals surface area contributed by atoms with Crippen LogP contribution in [-0.2, 0) is 0 Å². The maximum atomic E-state index is 4.91. The third-order valence-corrected chi connectivity index (χ3v) is 7.72. The molecule has 0 bridgehead atoms. The van der Waals surface area contributed by atoms with Gasteiger partial charge in [-0.05, 0) is 43.7 Å². The van der Waals surface area contributed by atoms with Gasteiger partial charge in [0, 0.05) is 26.0 Å². The molecule has 1 nitrogen and oxygen atoms in total. The Bertz CT molecular complexity index is 909. The molecule has 0 spiro atoms. The first-order valence-corrected chi connectivity index (χ1v) is 11.9. The summed E-state index contributed by atoms with van der Waals surface area (Å²) >= 11 is 5.48. The number of benzene rings is 2. The quantitative estimate of drug-likeness (QED) is 0.365. The van der Waals surface area contributed by atoms with Crippen LogP contribution in [0.2, 0.25) is 0 Å². The van der Waals surface area contributed by atoms with Crippen molar-refractivity contribution in [3.63, 3.8) is 0 Å². The second-order valence-electron chi connectivity index (χ2n) is 6.28. The third kappa shape index (κ3) is 5.07. The topological polar surface area (TPSA) is 12.9 Å². The van der Waals surface area contributed by atoms with Crippen LogP contribution in [0.1, 0.15) is 42.8 Å². The monoisotopic (exact) mass is 411 g/mol. The van der Waals surface area contributed by atoms with Crippen LogP contribution in [-0.4, -0.2) is 10.7 Å². The van der Waals surface area contributed by atoms with Crippen LogP contribution in [0.25, 0.3) is 15.5 Å². The molecule has 3 aromatic rings. The summed E-state index contributed by atoms with van der Waals surface area (Å²) < 4.78 is 0. The van der Waals surface area contributed by atoms with Gasteiger partial charge < -0.3 is 0 Å². The molecule has 1 atom stereocenters. The molecule has 0 fully saturated rings. The Labute approximate surface area is 175 Å². The molecule has 140 valence electrons. The van der Waals surface area contributed by atoms with E-state index in [9.17, 15) is 0 Å². The first-order valence-electron chi connectivity index (χ1n) is 9.20. The van der Waals surface area contributed by atoms with Crippen molar-refractivity contribution in [1.82, 2.24) is 4.98 Å². The Morgan fingerprint density at radius 1 is 1.15 bits per heavy atom. The lowest BCUT2D eigenvalue weighted by Crippen LogP contribution is -1.89. The van der Waals surface area contributed by atoms with E-state index in [1.807, 2.05) is 11.8 Å². The molecule has 1 heterocycles. The molecule has 0 aliphatic carbocycles. The normalized spacial score (nSPS) is 13.0. The van der Waals surface area contributed by atoms with Crippen molar-refractivity contribution in [3.05, 3.63) is 76.8 Å². The first-order chi connectivity index (χ1) is 13.1. The fourth-order valence-electron chi connectivity index (χ4n) is 2.81. The van der Waals surface area contributed by atoms with Crippen LogP contribution in [0.4, 0.5) is 0 Å². The van der Waals surface area contributed by atoms with Crippen molar-refractivity contribution in [3.8, 4) is 10.6 Å². The molecular formula is C23H25NS3. The number of aryl methyl sites for hydroxylation is 1. The second kappa shape index (κ2) is 9.63. The van der Waals surface area contributed by atoms with E-state index in [4.69, 9.17) is 4.98 Å². The van der Waals surface area contributed by atoms with E-state index >= 15 is 0 Å². The van der Waals surface area contributed by atoms with Gasteiger partial charge in [0.1, 0.15) is 5.01 Å². The number of thiazole rings is 1. The van der Waals surface area contributed by atoms with Crippen LogP contribution in [0, 0.1) is 6.92 Å². The summed E-state index contributed by atoms with van der Waals surface area (Å²) in [5, 5.41) is 3.78. The molecule has 0 radical (unpaired) electrons. The summed E-state index contributed by atoms with van der Waals surface area (Å²) in [5.41, 5.74) is 4.93. The molecule has 0 saturated carbocycles. The molecule has 1 aromatic heterocycles. The molecule has 2 aromatic carbocycles. The van der Waals surface area contributed by atoms with Crippen LogP contribution < -0.4 is 0 Å². The molecule has 0 aliphatic rings. The van der Waals surface area contributed by atoms with Gasteiger partial charge in [-0.25, -0.2) is 4.98 Å². The number of hydrogen-bond donors (Lipinski definition) is 0. The van der Waals surface area contributed by atoms with Gasteiger partial charge in [0.25, 0.3) is 0 Å². The highest BCUT2D eigenvalue weighted by molar-refractivity contribution is 8.08. The largest absolute Gasteiger partial charge is 0.236 e. The minimum Gasteiger partial charge on any atom is -0.236 e. The van der Waals surface area contributed by atoms with Crippen LogP contribution in [0.3, 0.4) is 0 Å². The van der Waals surface area contributed by atoms with Crippen molar-refractivity contribution >= 4 is 39.8 Å². The number of thioether (sulfide) groups is 2. The summed E-state index contributed by atoms with van der Waals surface area (Å²) in [7, 11) is 0.